The number of rotatable bonds is 1. The van der Waals surface area contributed by atoms with Gasteiger partial charge in [0.1, 0.15) is 0 Å². The highest BCUT2D eigenvalue weighted by Gasteiger charge is 2.33. The lowest BCUT2D eigenvalue weighted by Gasteiger charge is -2.09. The highest BCUT2D eigenvalue weighted by atomic mass is 19.4. The molecular formula is C9H5F3N2O. The Morgan fingerprint density at radius 2 is 2.07 bits per heavy atom. The fraction of sp³-hybridized carbons (Fsp3) is 0.111. The van der Waals surface area contributed by atoms with Gasteiger partial charge in [0.2, 0.25) is 0 Å². The summed E-state index contributed by atoms with van der Waals surface area (Å²) in [5.41, 5.74) is -1.39. The van der Waals surface area contributed by atoms with Crippen LogP contribution in [0.15, 0.2) is 23.4 Å². The lowest BCUT2D eigenvalue weighted by Crippen LogP contribution is -2.09. The number of hydrogen-bond acceptors (Lipinski definition) is 3. The normalized spacial score (nSPS) is 11.6. The zero-order valence-corrected chi connectivity index (χ0v) is 7.28. The van der Waals surface area contributed by atoms with Crippen LogP contribution in [0.4, 0.5) is 13.2 Å². The Labute approximate surface area is 83.1 Å². The van der Waals surface area contributed by atoms with Crippen molar-refractivity contribution >= 4 is 6.21 Å². The van der Waals surface area contributed by atoms with Crippen LogP contribution in [0, 0.1) is 11.3 Å². The van der Waals surface area contributed by atoms with Crippen molar-refractivity contribution in [3.05, 3.63) is 34.9 Å². The summed E-state index contributed by atoms with van der Waals surface area (Å²) < 4.78 is 37.3. The van der Waals surface area contributed by atoms with Crippen LogP contribution < -0.4 is 0 Å². The van der Waals surface area contributed by atoms with Gasteiger partial charge in [-0.15, -0.1) is 0 Å². The molecule has 1 N–H and O–H groups in total. The second-order valence-corrected chi connectivity index (χ2v) is 2.66. The highest BCUT2D eigenvalue weighted by molar-refractivity contribution is 5.81. The van der Waals surface area contributed by atoms with Crippen LogP contribution in [-0.4, -0.2) is 11.4 Å². The van der Waals surface area contributed by atoms with Gasteiger partial charge in [-0.3, -0.25) is 0 Å². The molecule has 15 heavy (non-hydrogen) atoms. The average Bonchev–Trinajstić information content (AvgIpc) is 2.17. The number of nitriles is 1. The number of oxime groups is 1. The van der Waals surface area contributed by atoms with Gasteiger partial charge in [-0.05, 0) is 12.1 Å². The highest BCUT2D eigenvalue weighted by Crippen LogP contribution is 2.31. The third kappa shape index (κ3) is 2.47. The van der Waals surface area contributed by atoms with E-state index >= 15 is 0 Å². The summed E-state index contributed by atoms with van der Waals surface area (Å²) in [7, 11) is 0. The Kier molecular flexibility index (Phi) is 2.95. The van der Waals surface area contributed by atoms with E-state index < -0.39 is 11.7 Å². The Morgan fingerprint density at radius 3 is 2.53 bits per heavy atom. The van der Waals surface area contributed by atoms with E-state index in [-0.39, 0.29) is 11.1 Å². The molecule has 0 aromatic heterocycles. The molecule has 0 unspecified atom stereocenters. The van der Waals surface area contributed by atoms with Crippen LogP contribution in [0.5, 0.6) is 0 Å². The van der Waals surface area contributed by atoms with Gasteiger partial charge in [0.15, 0.2) is 0 Å². The zero-order valence-electron chi connectivity index (χ0n) is 7.28. The van der Waals surface area contributed by atoms with Crippen LogP contribution in [0.3, 0.4) is 0 Å². The van der Waals surface area contributed by atoms with Crippen LogP contribution in [0.25, 0.3) is 0 Å². The first kappa shape index (κ1) is 11.0. The van der Waals surface area contributed by atoms with E-state index in [1.807, 2.05) is 0 Å². The van der Waals surface area contributed by atoms with Crippen molar-refractivity contribution in [2.75, 3.05) is 0 Å². The van der Waals surface area contributed by atoms with E-state index in [1.165, 1.54) is 6.07 Å². The van der Waals surface area contributed by atoms with Crippen molar-refractivity contribution in [1.82, 2.24) is 0 Å². The summed E-state index contributed by atoms with van der Waals surface area (Å²) in [6.07, 6.45) is -3.91. The van der Waals surface area contributed by atoms with Crippen LogP contribution in [-0.2, 0) is 6.18 Å². The van der Waals surface area contributed by atoms with Crippen molar-refractivity contribution in [3.8, 4) is 6.07 Å². The Morgan fingerprint density at radius 1 is 1.40 bits per heavy atom. The fourth-order valence-corrected chi connectivity index (χ4v) is 1.05. The predicted octanol–water partition coefficient (Wildman–Crippen LogP) is 2.39. The van der Waals surface area contributed by atoms with Crippen molar-refractivity contribution < 1.29 is 18.4 Å². The molecular weight excluding hydrogens is 209 g/mol. The van der Waals surface area contributed by atoms with Crippen molar-refractivity contribution in [2.45, 2.75) is 6.18 Å². The maximum absolute atomic E-state index is 12.4. The molecule has 0 aliphatic rings. The van der Waals surface area contributed by atoms with Gasteiger partial charge >= 0.3 is 6.18 Å². The molecule has 78 valence electrons. The molecule has 0 fully saturated rings. The predicted molar refractivity (Wildman–Crippen MR) is 45.5 cm³/mol. The zero-order chi connectivity index (χ0) is 11.5. The molecule has 6 heteroatoms. The molecule has 1 rings (SSSR count). The lowest BCUT2D eigenvalue weighted by atomic mass is 10.0. The van der Waals surface area contributed by atoms with Gasteiger partial charge in [-0.1, -0.05) is 11.2 Å². The molecule has 0 aliphatic carbocycles. The first-order chi connectivity index (χ1) is 6.99. The third-order valence-electron chi connectivity index (χ3n) is 1.68. The van der Waals surface area contributed by atoms with E-state index in [1.54, 1.807) is 6.07 Å². The topological polar surface area (TPSA) is 56.4 Å². The van der Waals surface area contributed by atoms with Gasteiger partial charge < -0.3 is 5.21 Å². The molecule has 0 amide bonds. The Balaban J connectivity index is 3.37. The molecule has 0 aliphatic heterocycles. The molecule has 1 aromatic rings. The number of halogens is 3. The van der Waals surface area contributed by atoms with E-state index in [2.05, 4.69) is 5.16 Å². The fourth-order valence-electron chi connectivity index (χ4n) is 1.05. The van der Waals surface area contributed by atoms with Crippen molar-refractivity contribution in [2.24, 2.45) is 5.16 Å². The van der Waals surface area contributed by atoms with E-state index in [4.69, 9.17) is 10.5 Å². The smallest absolute Gasteiger partial charge is 0.411 e. The minimum absolute atomic E-state index is 0.0996. The maximum atomic E-state index is 12.4. The number of nitrogens with zero attached hydrogens (tertiary/aromatic N) is 2. The number of hydrogen-bond donors (Lipinski definition) is 1. The van der Waals surface area contributed by atoms with Crippen LogP contribution in [0.2, 0.25) is 0 Å². The van der Waals surface area contributed by atoms with E-state index in [0.29, 0.717) is 12.3 Å². The second-order valence-electron chi connectivity index (χ2n) is 2.66. The number of alkyl halides is 3. The Hall–Kier alpha value is -2.03. The molecule has 0 heterocycles. The van der Waals surface area contributed by atoms with Gasteiger partial charge in [-0.25, -0.2) is 0 Å². The molecule has 0 spiro atoms. The largest absolute Gasteiger partial charge is 0.417 e. The summed E-state index contributed by atoms with van der Waals surface area (Å²) >= 11 is 0. The monoisotopic (exact) mass is 214 g/mol. The standard InChI is InChI=1S/C9H5F3N2O/c10-9(11,12)8-3-6(4-13)1-2-7(8)5-14-15/h1-3,5,15H. The molecule has 0 atom stereocenters. The Bertz CT molecular complexity index is 432. The summed E-state index contributed by atoms with van der Waals surface area (Å²) in [5, 5.41) is 19.1. The van der Waals surface area contributed by atoms with Crippen LogP contribution in [0.1, 0.15) is 16.7 Å². The van der Waals surface area contributed by atoms with Gasteiger partial charge in [-0.2, -0.15) is 18.4 Å². The van der Waals surface area contributed by atoms with Crippen molar-refractivity contribution in [3.63, 3.8) is 0 Å². The third-order valence-corrected chi connectivity index (χ3v) is 1.68. The molecule has 0 bridgehead atoms. The van der Waals surface area contributed by atoms with E-state index in [9.17, 15) is 13.2 Å². The summed E-state index contributed by atoms with van der Waals surface area (Å²) in [6.45, 7) is 0. The molecule has 0 saturated heterocycles. The summed E-state index contributed by atoms with van der Waals surface area (Å²) in [5.74, 6) is 0. The summed E-state index contributed by atoms with van der Waals surface area (Å²) in [6, 6.07) is 4.59. The first-order valence-corrected chi connectivity index (χ1v) is 3.78. The summed E-state index contributed by atoms with van der Waals surface area (Å²) in [4.78, 5) is 0. The lowest BCUT2D eigenvalue weighted by molar-refractivity contribution is -0.137. The number of benzene rings is 1. The second kappa shape index (κ2) is 4.00. The molecule has 3 nitrogen and oxygen atoms in total. The van der Waals surface area contributed by atoms with E-state index in [0.717, 1.165) is 6.07 Å². The average molecular weight is 214 g/mol. The van der Waals surface area contributed by atoms with Gasteiger partial charge in [0.25, 0.3) is 0 Å². The van der Waals surface area contributed by atoms with Crippen LogP contribution >= 0.6 is 0 Å². The van der Waals surface area contributed by atoms with Crippen molar-refractivity contribution in [1.29, 1.82) is 5.26 Å². The SMILES string of the molecule is N#Cc1ccc(C=NO)c(C(F)(F)F)c1. The molecule has 0 radical (unpaired) electrons. The molecule has 1 aromatic carbocycles. The van der Waals surface area contributed by atoms with Gasteiger partial charge in [0, 0.05) is 5.56 Å². The first-order valence-electron chi connectivity index (χ1n) is 3.78. The molecule has 0 saturated carbocycles. The minimum Gasteiger partial charge on any atom is -0.411 e. The minimum atomic E-state index is -4.58. The quantitative estimate of drug-likeness (QED) is 0.443. The maximum Gasteiger partial charge on any atom is 0.417 e. The van der Waals surface area contributed by atoms with Gasteiger partial charge in [0.05, 0.1) is 23.4 Å².